The Morgan fingerprint density at radius 2 is 1.94 bits per heavy atom. The van der Waals surface area contributed by atoms with Crippen molar-refractivity contribution in [2.45, 2.75) is 33.4 Å². The fourth-order valence-electron chi connectivity index (χ4n) is 1.70. The maximum absolute atomic E-state index is 5.88. The fourth-order valence-corrected chi connectivity index (χ4v) is 1.70. The molecule has 0 bridgehead atoms. The predicted octanol–water partition coefficient (Wildman–Crippen LogP) is 2.83. The summed E-state index contributed by atoms with van der Waals surface area (Å²) in [5, 5.41) is 3.40. The van der Waals surface area contributed by atoms with Crippen LogP contribution in [0, 0.1) is 12.3 Å². The molecule has 0 radical (unpaired) electrons. The van der Waals surface area contributed by atoms with E-state index in [1.165, 1.54) is 0 Å². The minimum atomic E-state index is -0.468. The highest BCUT2D eigenvalue weighted by Gasteiger charge is 2.38. The SMILES string of the molecule is Cc1ccc(C2(C)NCC(C)(C)CO2)o1.Cl. The maximum Gasteiger partial charge on any atom is 0.175 e. The number of rotatable bonds is 1. The quantitative estimate of drug-likeness (QED) is 0.826. The Bertz CT molecular complexity index is 350. The van der Waals surface area contributed by atoms with Crippen molar-refractivity contribution in [1.29, 1.82) is 0 Å². The normalized spacial score (nSPS) is 28.5. The van der Waals surface area contributed by atoms with Crippen molar-refractivity contribution >= 4 is 12.4 Å². The van der Waals surface area contributed by atoms with Crippen LogP contribution in [0.1, 0.15) is 32.3 Å². The Kier molecular flexibility index (Phi) is 3.72. The maximum atomic E-state index is 5.88. The molecule has 0 amide bonds. The topological polar surface area (TPSA) is 34.4 Å². The van der Waals surface area contributed by atoms with Gasteiger partial charge in [0.2, 0.25) is 0 Å². The second-order valence-electron chi connectivity index (χ2n) is 5.25. The van der Waals surface area contributed by atoms with Gasteiger partial charge in [-0.1, -0.05) is 13.8 Å². The van der Waals surface area contributed by atoms with Crippen molar-refractivity contribution < 1.29 is 9.15 Å². The number of hydrogen-bond donors (Lipinski definition) is 1. The molecule has 92 valence electrons. The lowest BCUT2D eigenvalue weighted by Gasteiger charge is -2.41. The summed E-state index contributed by atoms with van der Waals surface area (Å²) in [6.07, 6.45) is 0. The number of nitrogens with one attached hydrogen (secondary N) is 1. The van der Waals surface area contributed by atoms with Gasteiger partial charge >= 0.3 is 0 Å². The van der Waals surface area contributed by atoms with Gasteiger partial charge in [0.15, 0.2) is 11.5 Å². The van der Waals surface area contributed by atoms with Gasteiger partial charge in [-0.25, -0.2) is 0 Å². The Hall–Kier alpha value is -0.510. The molecule has 1 atom stereocenters. The molecule has 1 aliphatic heterocycles. The van der Waals surface area contributed by atoms with E-state index in [9.17, 15) is 0 Å². The van der Waals surface area contributed by atoms with E-state index in [1.54, 1.807) is 0 Å². The zero-order valence-corrected chi connectivity index (χ0v) is 11.1. The Morgan fingerprint density at radius 1 is 1.25 bits per heavy atom. The fraction of sp³-hybridized carbons (Fsp3) is 0.667. The second-order valence-corrected chi connectivity index (χ2v) is 5.25. The molecule has 1 N–H and O–H groups in total. The van der Waals surface area contributed by atoms with Crippen LogP contribution in [0.2, 0.25) is 0 Å². The van der Waals surface area contributed by atoms with Crippen molar-refractivity contribution in [3.8, 4) is 0 Å². The smallest absolute Gasteiger partial charge is 0.175 e. The van der Waals surface area contributed by atoms with Gasteiger partial charge in [-0.15, -0.1) is 12.4 Å². The van der Waals surface area contributed by atoms with Crippen LogP contribution in [-0.2, 0) is 10.5 Å². The van der Waals surface area contributed by atoms with Crippen LogP contribution in [-0.4, -0.2) is 13.2 Å². The van der Waals surface area contributed by atoms with Crippen LogP contribution in [0.3, 0.4) is 0 Å². The van der Waals surface area contributed by atoms with Gasteiger partial charge in [-0.05, 0) is 26.0 Å². The standard InChI is InChI=1S/C12H19NO2.ClH/c1-9-5-6-10(15-9)12(4)13-7-11(2,3)8-14-12;/h5-6,13H,7-8H2,1-4H3;1H. The first-order valence-corrected chi connectivity index (χ1v) is 5.37. The Morgan fingerprint density at radius 3 is 2.38 bits per heavy atom. The Balaban J connectivity index is 0.00000128. The lowest BCUT2D eigenvalue weighted by Crippen LogP contribution is -2.53. The molecule has 1 aromatic rings. The lowest BCUT2D eigenvalue weighted by atomic mass is 9.92. The molecule has 1 unspecified atom stereocenters. The van der Waals surface area contributed by atoms with Crippen molar-refractivity contribution in [1.82, 2.24) is 5.32 Å². The summed E-state index contributed by atoms with van der Waals surface area (Å²) >= 11 is 0. The van der Waals surface area contributed by atoms with E-state index in [-0.39, 0.29) is 17.8 Å². The molecule has 0 aliphatic carbocycles. The van der Waals surface area contributed by atoms with Gasteiger partial charge in [0, 0.05) is 12.0 Å². The van der Waals surface area contributed by atoms with E-state index in [4.69, 9.17) is 9.15 Å². The van der Waals surface area contributed by atoms with Crippen molar-refractivity contribution in [2.75, 3.05) is 13.2 Å². The van der Waals surface area contributed by atoms with Crippen LogP contribution < -0.4 is 5.32 Å². The predicted molar refractivity (Wildman–Crippen MR) is 65.8 cm³/mol. The molecule has 1 aromatic heterocycles. The number of ether oxygens (including phenoxy) is 1. The minimum Gasteiger partial charge on any atom is -0.462 e. The van der Waals surface area contributed by atoms with Gasteiger partial charge in [0.25, 0.3) is 0 Å². The third-order valence-corrected chi connectivity index (χ3v) is 2.87. The third-order valence-electron chi connectivity index (χ3n) is 2.87. The molecule has 4 heteroatoms. The molecule has 3 nitrogen and oxygen atoms in total. The van der Waals surface area contributed by atoms with Gasteiger partial charge in [0.1, 0.15) is 5.76 Å². The van der Waals surface area contributed by atoms with Crippen LogP contribution in [0.25, 0.3) is 0 Å². The summed E-state index contributed by atoms with van der Waals surface area (Å²) in [5.74, 6) is 1.77. The number of furan rings is 1. The summed E-state index contributed by atoms with van der Waals surface area (Å²) in [5.41, 5.74) is -0.273. The number of halogens is 1. The molecule has 2 heterocycles. The van der Waals surface area contributed by atoms with Crippen LogP contribution >= 0.6 is 12.4 Å². The van der Waals surface area contributed by atoms with Crippen molar-refractivity contribution in [3.63, 3.8) is 0 Å². The summed E-state index contributed by atoms with van der Waals surface area (Å²) in [6, 6.07) is 3.94. The molecular weight excluding hydrogens is 226 g/mol. The second kappa shape index (κ2) is 4.40. The molecule has 0 aromatic carbocycles. The average molecular weight is 246 g/mol. The highest BCUT2D eigenvalue weighted by Crippen LogP contribution is 2.31. The molecule has 1 aliphatic rings. The van der Waals surface area contributed by atoms with Crippen molar-refractivity contribution in [3.05, 3.63) is 23.7 Å². The first-order chi connectivity index (χ1) is 6.91. The van der Waals surface area contributed by atoms with Gasteiger partial charge in [-0.3, -0.25) is 5.32 Å². The summed E-state index contributed by atoms with van der Waals surface area (Å²) < 4.78 is 11.5. The van der Waals surface area contributed by atoms with E-state index in [2.05, 4.69) is 19.2 Å². The minimum absolute atomic E-state index is 0. The van der Waals surface area contributed by atoms with E-state index in [0.717, 1.165) is 24.7 Å². The number of aryl methyl sites for hydroxylation is 1. The van der Waals surface area contributed by atoms with E-state index >= 15 is 0 Å². The molecule has 2 rings (SSSR count). The first kappa shape index (κ1) is 13.6. The monoisotopic (exact) mass is 245 g/mol. The summed E-state index contributed by atoms with van der Waals surface area (Å²) in [4.78, 5) is 0. The summed E-state index contributed by atoms with van der Waals surface area (Å²) in [7, 11) is 0. The third kappa shape index (κ3) is 2.59. The van der Waals surface area contributed by atoms with Crippen LogP contribution in [0.15, 0.2) is 16.5 Å². The molecular formula is C12H20ClNO2. The van der Waals surface area contributed by atoms with E-state index < -0.39 is 5.72 Å². The van der Waals surface area contributed by atoms with Crippen molar-refractivity contribution in [2.24, 2.45) is 5.41 Å². The highest BCUT2D eigenvalue weighted by atomic mass is 35.5. The highest BCUT2D eigenvalue weighted by molar-refractivity contribution is 5.85. The first-order valence-electron chi connectivity index (χ1n) is 5.37. The number of hydrogen-bond acceptors (Lipinski definition) is 3. The lowest BCUT2D eigenvalue weighted by molar-refractivity contribution is -0.142. The average Bonchev–Trinajstić information content (AvgIpc) is 2.59. The Labute approximate surface area is 103 Å². The van der Waals surface area contributed by atoms with Gasteiger partial charge in [-0.2, -0.15) is 0 Å². The molecule has 16 heavy (non-hydrogen) atoms. The largest absolute Gasteiger partial charge is 0.462 e. The van der Waals surface area contributed by atoms with E-state index in [1.807, 2.05) is 26.0 Å². The molecule has 1 fully saturated rings. The zero-order valence-electron chi connectivity index (χ0n) is 10.3. The van der Waals surface area contributed by atoms with Crippen LogP contribution in [0.5, 0.6) is 0 Å². The molecule has 0 spiro atoms. The van der Waals surface area contributed by atoms with E-state index in [0.29, 0.717) is 0 Å². The molecule has 1 saturated heterocycles. The van der Waals surface area contributed by atoms with Crippen LogP contribution in [0.4, 0.5) is 0 Å². The molecule has 0 saturated carbocycles. The van der Waals surface area contributed by atoms with Gasteiger partial charge in [0.05, 0.1) is 6.61 Å². The zero-order chi connectivity index (χ0) is 11.1. The van der Waals surface area contributed by atoms with Gasteiger partial charge < -0.3 is 9.15 Å². The summed E-state index contributed by atoms with van der Waals surface area (Å²) in [6.45, 7) is 10.0.